The van der Waals surface area contributed by atoms with Crippen molar-refractivity contribution in [1.82, 2.24) is 9.91 Å². The summed E-state index contributed by atoms with van der Waals surface area (Å²) in [5, 5.41) is 1.21. The van der Waals surface area contributed by atoms with Gasteiger partial charge in [0, 0.05) is 37.9 Å². The number of urea groups is 1. The van der Waals surface area contributed by atoms with E-state index >= 15 is 0 Å². The second kappa shape index (κ2) is 12.6. The van der Waals surface area contributed by atoms with E-state index in [1.54, 1.807) is 4.90 Å². The summed E-state index contributed by atoms with van der Waals surface area (Å²) in [6, 6.07) is 26.2. The number of nitrogens with zero attached hydrogens (tertiary/aromatic N) is 4. The van der Waals surface area contributed by atoms with E-state index in [1.807, 2.05) is 98.8 Å². The van der Waals surface area contributed by atoms with Gasteiger partial charge in [-0.25, -0.2) is 15.4 Å². The van der Waals surface area contributed by atoms with E-state index < -0.39 is 6.04 Å². The molecule has 8 heteroatoms. The molecule has 2 N–H and O–H groups in total. The van der Waals surface area contributed by atoms with Gasteiger partial charge in [-0.15, -0.1) is 0 Å². The maximum absolute atomic E-state index is 13.4. The molecule has 1 aliphatic heterocycles. The zero-order valence-corrected chi connectivity index (χ0v) is 22.9. The Kier molecular flexibility index (Phi) is 9.01. The molecule has 1 atom stereocenters. The quantitative estimate of drug-likeness (QED) is 0.194. The van der Waals surface area contributed by atoms with E-state index in [0.29, 0.717) is 24.5 Å². The van der Waals surface area contributed by atoms with Crippen molar-refractivity contribution in [3.8, 4) is 0 Å². The number of nitrogens with two attached hydrogens (primary N) is 1. The van der Waals surface area contributed by atoms with Crippen LogP contribution in [0.1, 0.15) is 31.0 Å². The third kappa shape index (κ3) is 6.30. The molecule has 39 heavy (non-hydrogen) atoms. The van der Waals surface area contributed by atoms with Gasteiger partial charge in [0.15, 0.2) is 0 Å². The second-order valence-corrected chi connectivity index (χ2v) is 9.81. The van der Waals surface area contributed by atoms with E-state index in [9.17, 15) is 9.59 Å². The van der Waals surface area contributed by atoms with Crippen molar-refractivity contribution in [2.24, 2.45) is 5.84 Å². The predicted molar refractivity (Wildman–Crippen MR) is 156 cm³/mol. The lowest BCUT2D eigenvalue weighted by Gasteiger charge is -2.39. The molecule has 8 nitrogen and oxygen atoms in total. The van der Waals surface area contributed by atoms with Gasteiger partial charge in [-0.2, -0.15) is 0 Å². The van der Waals surface area contributed by atoms with E-state index in [-0.39, 0.29) is 18.0 Å². The first kappa shape index (κ1) is 27.9. The summed E-state index contributed by atoms with van der Waals surface area (Å²) in [7, 11) is 1.43. The van der Waals surface area contributed by atoms with Crippen molar-refractivity contribution in [3.05, 3.63) is 103 Å². The summed E-state index contributed by atoms with van der Waals surface area (Å²) < 4.78 is 5.12. The largest absolute Gasteiger partial charge is 0.468 e. The summed E-state index contributed by atoms with van der Waals surface area (Å²) in [4.78, 5) is 32.0. The summed E-state index contributed by atoms with van der Waals surface area (Å²) >= 11 is 0. The molecule has 2 amide bonds. The van der Waals surface area contributed by atoms with Crippen molar-refractivity contribution in [2.45, 2.75) is 25.9 Å². The van der Waals surface area contributed by atoms with Gasteiger partial charge < -0.3 is 9.64 Å². The van der Waals surface area contributed by atoms with Gasteiger partial charge in [0.1, 0.15) is 6.04 Å². The van der Waals surface area contributed by atoms with E-state index in [0.717, 1.165) is 29.9 Å². The Morgan fingerprint density at radius 3 is 1.97 bits per heavy atom. The first-order valence-electron chi connectivity index (χ1n) is 13.2. The van der Waals surface area contributed by atoms with Crippen LogP contribution in [0.15, 0.2) is 91.5 Å². The number of esters is 1. The highest BCUT2D eigenvalue weighted by molar-refractivity contribution is 6.04. The van der Waals surface area contributed by atoms with Crippen molar-refractivity contribution in [1.29, 1.82) is 0 Å². The van der Waals surface area contributed by atoms with E-state index in [2.05, 4.69) is 16.4 Å². The number of methoxy groups -OCH3 is 1. The Morgan fingerprint density at radius 2 is 1.44 bits per heavy atom. The van der Waals surface area contributed by atoms with Crippen molar-refractivity contribution < 1.29 is 14.3 Å². The molecule has 1 unspecified atom stereocenters. The zero-order valence-electron chi connectivity index (χ0n) is 22.9. The second-order valence-electron chi connectivity index (χ2n) is 9.81. The number of carbonyl (C=O) groups is 2. The van der Waals surface area contributed by atoms with Gasteiger partial charge in [0.2, 0.25) is 0 Å². The molecule has 3 aromatic rings. The lowest BCUT2D eigenvalue weighted by molar-refractivity contribution is -0.147. The number of rotatable bonds is 8. The molecule has 0 bridgehead atoms. The number of hydrazine groups is 1. The summed E-state index contributed by atoms with van der Waals surface area (Å²) in [5.74, 6) is 5.87. The molecule has 0 radical (unpaired) electrons. The fourth-order valence-electron chi connectivity index (χ4n) is 4.77. The normalized spacial score (nSPS) is 14.5. The average molecular weight is 528 g/mol. The van der Waals surface area contributed by atoms with Crippen LogP contribution in [-0.4, -0.2) is 61.2 Å². The monoisotopic (exact) mass is 527 g/mol. The molecule has 204 valence electrons. The minimum absolute atomic E-state index is 0.177. The first-order valence-corrected chi connectivity index (χ1v) is 13.2. The Hall–Kier alpha value is -4.14. The van der Waals surface area contributed by atoms with Crippen LogP contribution in [0.25, 0.3) is 5.70 Å². The standard InChI is InChI=1S/C31H37N5O3/c1-23(2)36(32)31(38)35(24(3)25-11-7-5-8-12-25)28-17-15-27(16-18-28)33-19-21-34(22-20-33)29(30(37)39-4)26-13-9-6-10-14-26/h5-18,23,29H,3,19-22,32H2,1-2,4H3. The van der Waals surface area contributed by atoms with Crippen LogP contribution in [0.3, 0.4) is 0 Å². The minimum Gasteiger partial charge on any atom is -0.468 e. The molecule has 3 aromatic carbocycles. The maximum Gasteiger partial charge on any atom is 0.343 e. The number of carbonyl (C=O) groups excluding carboxylic acids is 2. The number of benzene rings is 3. The summed E-state index contributed by atoms with van der Waals surface area (Å²) in [6.45, 7) is 10.9. The highest BCUT2D eigenvalue weighted by Crippen LogP contribution is 2.30. The van der Waals surface area contributed by atoms with Gasteiger partial charge in [-0.05, 0) is 49.2 Å². The SMILES string of the molecule is C=C(c1ccccc1)N(C(=O)N(N)C(C)C)c1ccc(N2CCN(C(C(=O)OC)c3ccccc3)CC2)cc1. The fraction of sp³-hybridized carbons (Fsp3) is 0.290. The van der Waals surface area contributed by atoms with Crippen LogP contribution >= 0.6 is 0 Å². The van der Waals surface area contributed by atoms with Crippen LogP contribution in [-0.2, 0) is 9.53 Å². The predicted octanol–water partition coefficient (Wildman–Crippen LogP) is 4.90. The van der Waals surface area contributed by atoms with Crippen LogP contribution in [0.2, 0.25) is 0 Å². The van der Waals surface area contributed by atoms with Crippen molar-refractivity contribution in [3.63, 3.8) is 0 Å². The molecule has 1 saturated heterocycles. The molecule has 0 spiro atoms. The molecule has 0 aliphatic carbocycles. The van der Waals surface area contributed by atoms with Crippen LogP contribution in [0, 0.1) is 0 Å². The Morgan fingerprint density at radius 1 is 0.872 bits per heavy atom. The van der Waals surface area contributed by atoms with Crippen LogP contribution in [0.4, 0.5) is 16.2 Å². The zero-order chi connectivity index (χ0) is 27.9. The Balaban J connectivity index is 1.51. The topological polar surface area (TPSA) is 82.4 Å². The van der Waals surface area contributed by atoms with Crippen LogP contribution in [0.5, 0.6) is 0 Å². The Bertz CT molecular complexity index is 1260. The van der Waals surface area contributed by atoms with Crippen molar-refractivity contribution in [2.75, 3.05) is 43.1 Å². The van der Waals surface area contributed by atoms with E-state index in [1.165, 1.54) is 12.1 Å². The molecular formula is C31H37N5O3. The van der Waals surface area contributed by atoms with E-state index in [4.69, 9.17) is 10.6 Å². The minimum atomic E-state index is -0.426. The number of ether oxygens (including phenoxy) is 1. The number of hydrogen-bond donors (Lipinski definition) is 1. The lowest BCUT2D eigenvalue weighted by Crippen LogP contribution is -2.50. The lowest BCUT2D eigenvalue weighted by atomic mass is 10.0. The highest BCUT2D eigenvalue weighted by Gasteiger charge is 2.31. The molecule has 1 fully saturated rings. The van der Waals surface area contributed by atoms with Gasteiger partial charge in [0.05, 0.1) is 18.5 Å². The molecule has 0 saturated carbocycles. The smallest absolute Gasteiger partial charge is 0.343 e. The number of amides is 2. The summed E-state index contributed by atoms with van der Waals surface area (Å²) in [5.41, 5.74) is 4.04. The van der Waals surface area contributed by atoms with Gasteiger partial charge in [0.25, 0.3) is 0 Å². The van der Waals surface area contributed by atoms with Gasteiger partial charge in [-0.1, -0.05) is 67.2 Å². The fourth-order valence-corrected chi connectivity index (χ4v) is 4.77. The highest BCUT2D eigenvalue weighted by atomic mass is 16.5. The van der Waals surface area contributed by atoms with Crippen molar-refractivity contribution >= 4 is 29.1 Å². The molecule has 1 aliphatic rings. The number of hydrogen-bond acceptors (Lipinski definition) is 6. The number of anilines is 2. The molecule has 4 rings (SSSR count). The summed E-state index contributed by atoms with van der Waals surface area (Å²) in [6.07, 6.45) is 0. The third-order valence-corrected chi connectivity index (χ3v) is 7.04. The van der Waals surface area contributed by atoms with Crippen LogP contribution < -0.4 is 15.6 Å². The third-order valence-electron chi connectivity index (χ3n) is 7.04. The first-order chi connectivity index (χ1) is 18.8. The molecule has 0 aromatic heterocycles. The number of piperazine rings is 1. The maximum atomic E-state index is 13.4. The van der Waals surface area contributed by atoms with Gasteiger partial charge in [-0.3, -0.25) is 14.8 Å². The molecular weight excluding hydrogens is 490 g/mol. The average Bonchev–Trinajstić information content (AvgIpc) is 2.98. The van der Waals surface area contributed by atoms with Gasteiger partial charge >= 0.3 is 12.0 Å². The Labute approximate surface area is 230 Å². The molecule has 1 heterocycles.